The minimum atomic E-state index is -2.95. The number of nitrogens with two attached hydrogens (primary N) is 1. The minimum Gasteiger partial charge on any atom is -0.462 e. The van der Waals surface area contributed by atoms with Gasteiger partial charge in [-0.25, -0.2) is 9.59 Å². The minimum absolute atomic E-state index is 0.0712. The standard InChI is InChI=1S/C20H22N4O10S/c1-9(25)33-10(2)34-19(28)15-11(7-32-20(21)29)8-35-18-14(17(27)24(15)18)22-16(26)13(23-30-3)12-5-4-6-31-12/h4-6,10,14,18H,7-8H2,1-3H3,(H2,21,29)(H,22,26)/b23-13+/t10?,14-,18-/m1/s1/i3D3. The van der Waals surface area contributed by atoms with E-state index in [1.165, 1.54) is 25.3 Å². The van der Waals surface area contributed by atoms with Crippen LogP contribution in [0.4, 0.5) is 4.79 Å². The molecule has 1 aromatic rings. The van der Waals surface area contributed by atoms with Crippen molar-refractivity contribution in [1.82, 2.24) is 10.2 Å². The van der Waals surface area contributed by atoms with Gasteiger partial charge in [0.25, 0.3) is 11.8 Å². The van der Waals surface area contributed by atoms with E-state index >= 15 is 0 Å². The third kappa shape index (κ3) is 5.74. The van der Waals surface area contributed by atoms with Crippen molar-refractivity contribution in [3.63, 3.8) is 0 Å². The third-order valence-electron chi connectivity index (χ3n) is 4.63. The van der Waals surface area contributed by atoms with E-state index < -0.39 is 66.9 Å². The largest absolute Gasteiger partial charge is 0.462 e. The quantitative estimate of drug-likeness (QED) is 0.147. The first-order valence-electron chi connectivity index (χ1n) is 11.4. The molecule has 3 rings (SSSR count). The maximum atomic E-state index is 13.1. The molecule has 35 heavy (non-hydrogen) atoms. The molecule has 0 saturated carbocycles. The molecular weight excluding hydrogens is 488 g/mol. The molecule has 15 heteroatoms. The third-order valence-corrected chi connectivity index (χ3v) is 5.97. The number of nitrogens with one attached hydrogen (secondary N) is 1. The summed E-state index contributed by atoms with van der Waals surface area (Å²) in [6.45, 7) is 1.97. The van der Waals surface area contributed by atoms with E-state index in [0.29, 0.717) is 0 Å². The van der Waals surface area contributed by atoms with Gasteiger partial charge >= 0.3 is 18.0 Å². The van der Waals surface area contributed by atoms with Gasteiger partial charge in [-0.15, -0.1) is 11.8 Å². The van der Waals surface area contributed by atoms with Crippen LogP contribution in [0.3, 0.4) is 0 Å². The van der Waals surface area contributed by atoms with Gasteiger partial charge < -0.3 is 34.5 Å². The van der Waals surface area contributed by atoms with Crippen LogP contribution < -0.4 is 11.1 Å². The molecule has 0 bridgehead atoms. The number of hydrogen-bond acceptors (Lipinski definition) is 12. The van der Waals surface area contributed by atoms with E-state index in [-0.39, 0.29) is 22.8 Å². The highest BCUT2D eigenvalue weighted by Gasteiger charge is 2.55. The molecule has 14 nitrogen and oxygen atoms in total. The summed E-state index contributed by atoms with van der Waals surface area (Å²) >= 11 is 1.13. The zero-order chi connectivity index (χ0) is 28.2. The molecule has 3 atom stereocenters. The molecule has 2 aliphatic heterocycles. The lowest BCUT2D eigenvalue weighted by Gasteiger charge is -2.49. The van der Waals surface area contributed by atoms with Crippen LogP contribution in [0.15, 0.2) is 39.2 Å². The maximum absolute atomic E-state index is 13.1. The Balaban J connectivity index is 1.82. The highest BCUT2D eigenvalue weighted by Crippen LogP contribution is 2.41. The van der Waals surface area contributed by atoms with Gasteiger partial charge in [-0.05, 0) is 12.1 Å². The first-order valence-corrected chi connectivity index (χ1v) is 10.9. The number of oxime groups is 1. The summed E-state index contributed by atoms with van der Waals surface area (Å²) in [6, 6.07) is 1.58. The molecule has 1 unspecified atom stereocenters. The summed E-state index contributed by atoms with van der Waals surface area (Å²) < 4.78 is 41.1. The topological polar surface area (TPSA) is 189 Å². The predicted molar refractivity (Wildman–Crippen MR) is 117 cm³/mol. The number of β-lactam (4-membered cyclic amide) rings is 1. The van der Waals surface area contributed by atoms with Crippen LogP contribution >= 0.6 is 11.8 Å². The average molecular weight is 513 g/mol. The molecule has 0 aliphatic carbocycles. The summed E-state index contributed by atoms with van der Waals surface area (Å²) in [5, 5.41) is 4.98. The highest BCUT2D eigenvalue weighted by atomic mass is 32.2. The van der Waals surface area contributed by atoms with Crippen molar-refractivity contribution < 1.29 is 51.6 Å². The zero-order valence-electron chi connectivity index (χ0n) is 21.3. The number of carbonyl (C=O) groups is 5. The van der Waals surface area contributed by atoms with Crippen molar-refractivity contribution in [2.24, 2.45) is 10.9 Å². The molecule has 1 fully saturated rings. The fourth-order valence-corrected chi connectivity index (χ4v) is 4.60. The molecule has 1 aromatic heterocycles. The van der Waals surface area contributed by atoms with Crippen molar-refractivity contribution in [3.05, 3.63) is 35.4 Å². The van der Waals surface area contributed by atoms with Gasteiger partial charge in [-0.2, -0.15) is 0 Å². The molecule has 3 N–H and O–H groups in total. The van der Waals surface area contributed by atoms with Gasteiger partial charge in [0.2, 0.25) is 12.0 Å². The number of nitrogens with zero attached hydrogens (tertiary/aromatic N) is 2. The van der Waals surface area contributed by atoms with Gasteiger partial charge in [0.15, 0.2) is 5.76 Å². The number of rotatable bonds is 9. The first kappa shape index (κ1) is 21.5. The number of thioether (sulfide) groups is 1. The Labute approximate surface area is 206 Å². The van der Waals surface area contributed by atoms with Crippen molar-refractivity contribution in [2.75, 3.05) is 19.4 Å². The number of ether oxygens (including phenoxy) is 3. The monoisotopic (exact) mass is 513 g/mol. The summed E-state index contributed by atoms with van der Waals surface area (Å²) in [6.07, 6.45) is -1.19. The van der Waals surface area contributed by atoms with E-state index in [0.717, 1.165) is 23.6 Å². The number of amides is 3. The normalized spacial score (nSPS) is 21.9. The Morgan fingerprint density at radius 2 is 2.17 bits per heavy atom. The van der Waals surface area contributed by atoms with E-state index in [1.54, 1.807) is 0 Å². The number of carbonyl (C=O) groups excluding carboxylic acids is 5. The van der Waals surface area contributed by atoms with E-state index in [9.17, 15) is 24.0 Å². The molecule has 2 aliphatic rings. The summed E-state index contributed by atoms with van der Waals surface area (Å²) in [5.74, 6) is -3.54. The van der Waals surface area contributed by atoms with Crippen LogP contribution in [0.2, 0.25) is 0 Å². The van der Waals surface area contributed by atoms with Gasteiger partial charge in [0.1, 0.15) is 30.8 Å². The number of hydrogen-bond donors (Lipinski definition) is 2. The summed E-state index contributed by atoms with van der Waals surface area (Å²) in [5.41, 5.74) is 4.39. The van der Waals surface area contributed by atoms with Crippen LogP contribution in [0, 0.1) is 0 Å². The Morgan fingerprint density at radius 3 is 2.80 bits per heavy atom. The lowest BCUT2D eigenvalue weighted by molar-refractivity contribution is -0.182. The van der Waals surface area contributed by atoms with Crippen LogP contribution in [-0.2, 0) is 38.2 Å². The molecule has 0 aromatic carbocycles. The molecule has 0 radical (unpaired) electrons. The molecular formula is C20H22N4O10S. The van der Waals surface area contributed by atoms with Crippen LogP contribution in [0.1, 0.15) is 23.7 Å². The second-order valence-corrected chi connectivity index (χ2v) is 8.12. The Morgan fingerprint density at radius 1 is 1.40 bits per heavy atom. The fraction of sp³-hybridized carbons (Fsp3) is 0.400. The second-order valence-electron chi connectivity index (χ2n) is 7.01. The molecule has 0 spiro atoms. The number of primary amides is 1. The number of fused-ring (bicyclic) bond motifs is 1. The lowest BCUT2D eigenvalue weighted by atomic mass is 10.0. The highest BCUT2D eigenvalue weighted by molar-refractivity contribution is 8.00. The average Bonchev–Trinajstić information content (AvgIpc) is 3.33. The predicted octanol–water partition coefficient (Wildman–Crippen LogP) is -0.168. The Hall–Kier alpha value is -4.01. The number of esters is 2. The van der Waals surface area contributed by atoms with Crippen LogP contribution in [-0.4, -0.2) is 77.6 Å². The maximum Gasteiger partial charge on any atom is 0.404 e. The van der Waals surface area contributed by atoms with Crippen molar-refractivity contribution in [2.45, 2.75) is 31.6 Å². The molecule has 188 valence electrons. The van der Waals surface area contributed by atoms with Crippen LogP contribution in [0.5, 0.6) is 0 Å². The number of furan rings is 1. The second kappa shape index (κ2) is 10.9. The lowest BCUT2D eigenvalue weighted by Crippen LogP contribution is -2.71. The zero-order valence-corrected chi connectivity index (χ0v) is 19.2. The smallest absolute Gasteiger partial charge is 0.404 e. The van der Waals surface area contributed by atoms with Gasteiger partial charge in [0.05, 0.1) is 10.4 Å². The van der Waals surface area contributed by atoms with Crippen LogP contribution in [0.25, 0.3) is 0 Å². The van der Waals surface area contributed by atoms with Crippen molar-refractivity contribution in [1.29, 1.82) is 0 Å². The fourth-order valence-electron chi connectivity index (χ4n) is 3.27. The van der Waals surface area contributed by atoms with Gasteiger partial charge in [-0.3, -0.25) is 19.3 Å². The van der Waals surface area contributed by atoms with E-state index in [4.69, 9.17) is 28.5 Å². The Bertz CT molecular complexity index is 1180. The van der Waals surface area contributed by atoms with E-state index in [1.807, 2.05) is 0 Å². The molecule has 3 heterocycles. The van der Waals surface area contributed by atoms with E-state index in [2.05, 4.69) is 15.3 Å². The van der Waals surface area contributed by atoms with Gasteiger partial charge in [-0.1, -0.05) is 5.16 Å². The van der Waals surface area contributed by atoms with Crippen molar-refractivity contribution >= 4 is 47.3 Å². The summed E-state index contributed by atoms with van der Waals surface area (Å²) in [7, 11) is -2.95. The SMILES string of the molecule is [2H]C([2H])([2H])O/N=C(/C(=O)N[C@@H]1C(=O)N2C(C(=O)OC(C)OC(C)=O)=C(COC(N)=O)CS[C@H]12)c1ccco1. The van der Waals surface area contributed by atoms with Crippen molar-refractivity contribution in [3.8, 4) is 0 Å². The summed E-state index contributed by atoms with van der Waals surface area (Å²) in [4.78, 5) is 66.6. The molecule has 1 saturated heterocycles. The first-order chi connectivity index (χ1) is 17.8. The van der Waals surface area contributed by atoms with Gasteiger partial charge in [0, 0.05) is 25.2 Å². The Kier molecular flexibility index (Phi) is 6.73. The molecule has 3 amide bonds.